The average molecular weight is 835 g/mol. The zero-order valence-corrected chi connectivity index (χ0v) is 39.9. The van der Waals surface area contributed by atoms with Crippen molar-refractivity contribution in [3.63, 3.8) is 0 Å². The van der Waals surface area contributed by atoms with Crippen molar-refractivity contribution in [3.05, 3.63) is 180 Å². The first-order chi connectivity index (χ1) is 30.3. The number of para-hydroxylation sites is 3. The highest BCUT2D eigenvalue weighted by molar-refractivity contribution is 6.27. The third-order valence-corrected chi connectivity index (χ3v) is 13.6. The first-order valence-electron chi connectivity index (χ1n) is 23.2. The minimum Gasteiger partial charge on any atom is -0.310 e. The van der Waals surface area contributed by atoms with E-state index >= 15 is 0 Å². The summed E-state index contributed by atoms with van der Waals surface area (Å²) in [6.45, 7) is 28.4. The summed E-state index contributed by atoms with van der Waals surface area (Å²) in [5.41, 5.74) is 15.0. The summed E-state index contributed by atoms with van der Waals surface area (Å²) in [4.78, 5) is 2.53. The van der Waals surface area contributed by atoms with Gasteiger partial charge in [-0.05, 0) is 125 Å². The zero-order valence-electron chi connectivity index (χ0n) is 39.9. The van der Waals surface area contributed by atoms with Gasteiger partial charge >= 0.3 is 0 Å². The van der Waals surface area contributed by atoms with Crippen LogP contribution >= 0.6 is 0 Å². The van der Waals surface area contributed by atoms with Crippen LogP contribution in [0.3, 0.4) is 0 Å². The molecule has 0 radical (unpaired) electrons. The number of aromatic nitrogens is 1. The summed E-state index contributed by atoms with van der Waals surface area (Å²) in [5.74, 6) is 0. The Kier molecular flexibility index (Phi) is 9.48. The van der Waals surface area contributed by atoms with Crippen molar-refractivity contribution in [1.82, 2.24) is 4.57 Å². The van der Waals surface area contributed by atoms with Crippen molar-refractivity contribution in [2.24, 2.45) is 0 Å². The minimum atomic E-state index is -0.154. The fraction of sp³-hybridized carbons (Fsp3) is 0.258. The quantitative estimate of drug-likeness (QED) is 0.157. The van der Waals surface area contributed by atoms with E-state index in [1.807, 2.05) is 0 Å². The zero-order chi connectivity index (χ0) is 45.1. The van der Waals surface area contributed by atoms with Crippen LogP contribution in [0.4, 0.5) is 17.1 Å². The summed E-state index contributed by atoms with van der Waals surface area (Å²) < 4.78 is 2.47. The van der Waals surface area contributed by atoms with Crippen molar-refractivity contribution >= 4 is 71.2 Å². The predicted octanol–water partition coefficient (Wildman–Crippen LogP) is 18.0. The lowest BCUT2D eigenvalue weighted by molar-refractivity contribution is 0.566. The smallest absolute Gasteiger partial charge is 0.0541 e. The van der Waals surface area contributed by atoms with Gasteiger partial charge in [0.05, 0.1) is 22.4 Å². The molecule has 320 valence electrons. The molecule has 0 fully saturated rings. The Bertz CT molecular complexity index is 3290. The van der Waals surface area contributed by atoms with Gasteiger partial charge in [-0.2, -0.15) is 0 Å². The molecule has 9 aromatic carbocycles. The van der Waals surface area contributed by atoms with Crippen LogP contribution in [0.5, 0.6) is 0 Å². The lowest BCUT2D eigenvalue weighted by Crippen LogP contribution is -2.22. The fourth-order valence-corrected chi connectivity index (χ4v) is 10.2. The van der Waals surface area contributed by atoms with Crippen LogP contribution in [0.1, 0.15) is 105 Å². The molecule has 1 heterocycles. The van der Waals surface area contributed by atoms with E-state index in [-0.39, 0.29) is 21.7 Å². The topological polar surface area (TPSA) is 8.17 Å². The molecule has 0 aliphatic carbocycles. The van der Waals surface area contributed by atoms with Gasteiger partial charge < -0.3 is 9.47 Å². The molecule has 0 saturated heterocycles. The van der Waals surface area contributed by atoms with E-state index in [9.17, 15) is 0 Å². The molecule has 0 aliphatic heterocycles. The monoisotopic (exact) mass is 834 g/mol. The van der Waals surface area contributed by atoms with Gasteiger partial charge in [-0.1, -0.05) is 192 Å². The average Bonchev–Trinajstić information content (AvgIpc) is 3.59. The third kappa shape index (κ3) is 6.85. The lowest BCUT2D eigenvalue weighted by atomic mass is 9.72. The standard InChI is InChI=1S/C62H62N2/c1-59(2,3)42-34-41(35-43(36-42)60(4,5)6)58-50(61(7,8)9)37-45(38-51(58)62(10,11)12)63(44-20-14-13-15-21-44)54-32-28-39-27-31-49-55(33-29-40-26-30-48(54)56(39)57(40)49)64-52-24-18-16-22-46(52)47-23-17-19-25-53(47)64/h13-38H,1-12H3. The highest BCUT2D eigenvalue weighted by atomic mass is 15.1. The molecule has 0 aliphatic rings. The van der Waals surface area contributed by atoms with Gasteiger partial charge in [-0.3, -0.25) is 0 Å². The number of anilines is 3. The SMILES string of the molecule is CC(C)(C)c1cc(-c2c(C(C)(C)C)cc(N(c3ccccc3)c3ccc4ccc5c(-n6c7ccccc7c7ccccc76)ccc6ccc3c4c65)cc2C(C)(C)C)cc(C(C)(C)C)c1. The van der Waals surface area contributed by atoms with Gasteiger partial charge in [0, 0.05) is 32.9 Å². The largest absolute Gasteiger partial charge is 0.310 e. The van der Waals surface area contributed by atoms with E-state index < -0.39 is 0 Å². The van der Waals surface area contributed by atoms with Gasteiger partial charge in [-0.25, -0.2) is 0 Å². The van der Waals surface area contributed by atoms with Crippen LogP contribution in [-0.2, 0) is 21.7 Å². The van der Waals surface area contributed by atoms with Gasteiger partial charge in [0.25, 0.3) is 0 Å². The molecule has 64 heavy (non-hydrogen) atoms. The molecule has 0 N–H and O–H groups in total. The molecule has 0 amide bonds. The second-order valence-electron chi connectivity index (χ2n) is 22.3. The van der Waals surface area contributed by atoms with Crippen molar-refractivity contribution in [1.29, 1.82) is 0 Å². The van der Waals surface area contributed by atoms with E-state index in [0.29, 0.717) is 0 Å². The normalized spacial score (nSPS) is 13.0. The van der Waals surface area contributed by atoms with Gasteiger partial charge in [0.2, 0.25) is 0 Å². The first-order valence-corrected chi connectivity index (χ1v) is 23.2. The molecule has 0 saturated carbocycles. The summed E-state index contributed by atoms with van der Waals surface area (Å²) in [7, 11) is 0. The van der Waals surface area contributed by atoms with E-state index in [4.69, 9.17) is 0 Å². The molecule has 2 nitrogen and oxygen atoms in total. The molecule has 0 atom stereocenters. The highest BCUT2D eigenvalue weighted by Gasteiger charge is 2.32. The third-order valence-electron chi connectivity index (χ3n) is 13.6. The summed E-state index contributed by atoms with van der Waals surface area (Å²) >= 11 is 0. The van der Waals surface area contributed by atoms with Crippen LogP contribution in [0.15, 0.2) is 158 Å². The van der Waals surface area contributed by atoms with Gasteiger partial charge in [0.1, 0.15) is 0 Å². The van der Waals surface area contributed by atoms with Crippen LogP contribution in [-0.4, -0.2) is 4.57 Å². The van der Waals surface area contributed by atoms with E-state index in [1.54, 1.807) is 0 Å². The summed E-state index contributed by atoms with van der Waals surface area (Å²) in [6, 6.07) is 59.8. The Morgan fingerprint density at radius 1 is 0.375 bits per heavy atom. The Hall–Kier alpha value is -6.38. The van der Waals surface area contributed by atoms with Crippen molar-refractivity contribution in [2.45, 2.75) is 105 Å². The Labute approximate surface area is 380 Å². The first kappa shape index (κ1) is 41.6. The van der Waals surface area contributed by atoms with E-state index in [2.05, 4.69) is 250 Å². The minimum absolute atomic E-state index is 0.00307. The van der Waals surface area contributed by atoms with E-state index in [0.717, 1.165) is 5.69 Å². The highest BCUT2D eigenvalue weighted by Crippen LogP contribution is 2.50. The molecular formula is C62H62N2. The maximum Gasteiger partial charge on any atom is 0.0541 e. The number of hydrogen-bond donors (Lipinski definition) is 0. The Balaban J connectivity index is 1.26. The number of nitrogens with zero attached hydrogens (tertiary/aromatic N) is 2. The van der Waals surface area contributed by atoms with Crippen molar-refractivity contribution in [3.8, 4) is 16.8 Å². The van der Waals surface area contributed by atoms with E-state index in [1.165, 1.54) is 105 Å². The van der Waals surface area contributed by atoms with Crippen LogP contribution in [0.2, 0.25) is 0 Å². The maximum absolute atomic E-state index is 2.53. The van der Waals surface area contributed by atoms with Gasteiger partial charge in [0.15, 0.2) is 0 Å². The maximum atomic E-state index is 2.53. The second-order valence-corrected chi connectivity index (χ2v) is 22.3. The number of hydrogen-bond acceptors (Lipinski definition) is 1. The number of rotatable bonds is 5. The van der Waals surface area contributed by atoms with Crippen molar-refractivity contribution in [2.75, 3.05) is 4.90 Å². The Morgan fingerprint density at radius 3 is 1.38 bits per heavy atom. The molecular weight excluding hydrogens is 773 g/mol. The number of fused-ring (bicyclic) bond motifs is 3. The molecule has 0 unspecified atom stereocenters. The van der Waals surface area contributed by atoms with Crippen LogP contribution < -0.4 is 4.90 Å². The van der Waals surface area contributed by atoms with Crippen LogP contribution in [0, 0.1) is 0 Å². The molecule has 1 aromatic heterocycles. The fourth-order valence-electron chi connectivity index (χ4n) is 10.2. The molecule has 10 rings (SSSR count). The predicted molar refractivity (Wildman–Crippen MR) is 279 cm³/mol. The lowest BCUT2D eigenvalue weighted by Gasteiger charge is -2.35. The number of benzene rings is 9. The van der Waals surface area contributed by atoms with Crippen molar-refractivity contribution < 1.29 is 0 Å². The second kappa shape index (κ2) is 14.6. The van der Waals surface area contributed by atoms with Crippen LogP contribution in [0.25, 0.3) is 70.9 Å². The summed E-state index contributed by atoms with van der Waals surface area (Å²) in [5, 5.41) is 10.2. The summed E-state index contributed by atoms with van der Waals surface area (Å²) in [6.07, 6.45) is 0. The molecule has 0 bridgehead atoms. The Morgan fingerprint density at radius 2 is 0.844 bits per heavy atom. The molecule has 0 spiro atoms. The van der Waals surface area contributed by atoms with Gasteiger partial charge in [-0.15, -0.1) is 0 Å². The molecule has 2 heteroatoms. The molecule has 10 aromatic rings.